The zero-order valence-electron chi connectivity index (χ0n) is 19.2. The first-order valence-electron chi connectivity index (χ1n) is 10.5. The normalized spacial score (nSPS) is 17.8. The summed E-state index contributed by atoms with van der Waals surface area (Å²) in [5, 5.41) is 11.2. The number of benzene rings is 2. The number of aryl methyl sites for hydroxylation is 1. The van der Waals surface area contributed by atoms with Crippen LogP contribution in [0.2, 0.25) is 0 Å². The number of aliphatic hydroxyl groups is 1. The van der Waals surface area contributed by atoms with Crippen LogP contribution < -0.4 is 9.47 Å². The van der Waals surface area contributed by atoms with E-state index in [9.17, 15) is 14.7 Å². The average molecular weight is 439 g/mol. The van der Waals surface area contributed by atoms with Gasteiger partial charge in [0.1, 0.15) is 17.3 Å². The maximum Gasteiger partial charge on any atom is 0.295 e. The van der Waals surface area contributed by atoms with Crippen LogP contribution in [0, 0.1) is 6.92 Å². The van der Waals surface area contributed by atoms with Gasteiger partial charge in [0.25, 0.3) is 11.7 Å². The Balaban J connectivity index is 2.18. The molecule has 170 valence electrons. The first-order chi connectivity index (χ1) is 15.3. The van der Waals surface area contributed by atoms with Gasteiger partial charge in [0.15, 0.2) is 0 Å². The van der Waals surface area contributed by atoms with E-state index in [1.807, 2.05) is 38.1 Å². The summed E-state index contributed by atoms with van der Waals surface area (Å²) in [6.45, 7) is 3.05. The van der Waals surface area contributed by atoms with Gasteiger partial charge in [-0.3, -0.25) is 9.59 Å². The molecule has 0 aromatic heterocycles. The van der Waals surface area contributed by atoms with Crippen LogP contribution in [0.3, 0.4) is 0 Å². The third kappa shape index (κ3) is 4.62. The van der Waals surface area contributed by atoms with E-state index < -0.39 is 17.7 Å². The van der Waals surface area contributed by atoms with E-state index in [-0.39, 0.29) is 11.3 Å². The van der Waals surface area contributed by atoms with Crippen molar-refractivity contribution < 1.29 is 24.2 Å². The number of carbonyl (C=O) groups excluding carboxylic acids is 2. The standard InChI is InChI=1S/C25H30N2O5/c1-16-7-9-17(10-8-16)23(28)21-22(19-15-18(31-4)11-12-20(19)32-5)27(25(30)24(21)29)14-6-13-26(2)3/h7-12,15,22,28H,6,13-14H2,1-5H3/t22-/m1/s1. The van der Waals surface area contributed by atoms with Gasteiger partial charge in [0.2, 0.25) is 0 Å². The summed E-state index contributed by atoms with van der Waals surface area (Å²) in [5.41, 5.74) is 2.14. The van der Waals surface area contributed by atoms with Crippen molar-refractivity contribution in [3.63, 3.8) is 0 Å². The lowest BCUT2D eigenvalue weighted by Gasteiger charge is -2.27. The molecular weight excluding hydrogens is 408 g/mol. The number of nitrogens with zero attached hydrogens (tertiary/aromatic N) is 2. The second kappa shape index (κ2) is 9.87. The Bertz CT molecular complexity index is 1030. The quantitative estimate of drug-likeness (QED) is 0.387. The number of ether oxygens (including phenoxy) is 2. The second-order valence-corrected chi connectivity index (χ2v) is 8.12. The van der Waals surface area contributed by atoms with Crippen LogP contribution in [0.4, 0.5) is 0 Å². The highest BCUT2D eigenvalue weighted by atomic mass is 16.5. The highest BCUT2D eigenvalue weighted by Crippen LogP contribution is 2.43. The number of ketones is 1. The predicted molar refractivity (Wildman–Crippen MR) is 123 cm³/mol. The molecule has 1 aliphatic rings. The summed E-state index contributed by atoms with van der Waals surface area (Å²) in [7, 11) is 6.98. The monoisotopic (exact) mass is 438 g/mol. The molecule has 1 fully saturated rings. The van der Waals surface area contributed by atoms with Gasteiger partial charge in [-0.25, -0.2) is 0 Å². The van der Waals surface area contributed by atoms with E-state index in [4.69, 9.17) is 9.47 Å². The topological polar surface area (TPSA) is 79.3 Å². The van der Waals surface area contributed by atoms with Crippen LogP contribution in [0.15, 0.2) is 48.0 Å². The van der Waals surface area contributed by atoms with Crippen LogP contribution >= 0.6 is 0 Å². The zero-order valence-corrected chi connectivity index (χ0v) is 19.2. The number of rotatable bonds is 8. The number of methoxy groups -OCH3 is 2. The molecule has 0 bridgehead atoms. The Morgan fingerprint density at radius 3 is 2.34 bits per heavy atom. The number of aliphatic hydroxyl groups excluding tert-OH is 1. The Morgan fingerprint density at radius 2 is 1.75 bits per heavy atom. The van der Waals surface area contributed by atoms with E-state index in [0.29, 0.717) is 35.6 Å². The molecule has 0 radical (unpaired) electrons. The molecule has 1 saturated heterocycles. The lowest BCUT2D eigenvalue weighted by Crippen LogP contribution is -2.32. The third-order valence-electron chi connectivity index (χ3n) is 5.60. The highest BCUT2D eigenvalue weighted by Gasteiger charge is 2.47. The minimum Gasteiger partial charge on any atom is -0.507 e. The first kappa shape index (κ1) is 23.3. The van der Waals surface area contributed by atoms with Crippen molar-refractivity contribution in [1.29, 1.82) is 0 Å². The summed E-state index contributed by atoms with van der Waals surface area (Å²) in [4.78, 5) is 29.7. The van der Waals surface area contributed by atoms with Crippen LogP contribution in [0.1, 0.15) is 29.2 Å². The van der Waals surface area contributed by atoms with Crippen molar-refractivity contribution in [3.8, 4) is 11.5 Å². The molecule has 2 aromatic carbocycles. The van der Waals surface area contributed by atoms with E-state index >= 15 is 0 Å². The molecule has 1 aliphatic heterocycles. The maximum atomic E-state index is 13.1. The molecule has 1 atom stereocenters. The van der Waals surface area contributed by atoms with Crippen molar-refractivity contribution in [3.05, 3.63) is 64.7 Å². The van der Waals surface area contributed by atoms with E-state index in [2.05, 4.69) is 0 Å². The SMILES string of the molecule is COc1ccc(OC)c([C@@H]2C(=C(O)c3ccc(C)cc3)C(=O)C(=O)N2CCCN(C)C)c1. The van der Waals surface area contributed by atoms with Gasteiger partial charge in [-0.05, 0) is 52.2 Å². The molecule has 3 rings (SSSR count). The lowest BCUT2D eigenvalue weighted by atomic mass is 9.94. The third-order valence-corrected chi connectivity index (χ3v) is 5.60. The molecule has 0 spiro atoms. The predicted octanol–water partition coefficient (Wildman–Crippen LogP) is 3.39. The molecule has 2 aromatic rings. The van der Waals surface area contributed by atoms with Gasteiger partial charge in [0.05, 0.1) is 25.8 Å². The van der Waals surface area contributed by atoms with Crippen molar-refractivity contribution in [2.75, 3.05) is 41.4 Å². The van der Waals surface area contributed by atoms with Gasteiger partial charge in [-0.2, -0.15) is 0 Å². The van der Waals surface area contributed by atoms with Crippen LogP contribution in [0.5, 0.6) is 11.5 Å². The molecule has 1 N–H and O–H groups in total. The number of Topliss-reactive ketones (excluding diaryl/α,β-unsaturated/α-hetero) is 1. The van der Waals surface area contributed by atoms with Crippen molar-refractivity contribution in [2.45, 2.75) is 19.4 Å². The fourth-order valence-corrected chi connectivity index (χ4v) is 3.91. The molecule has 7 nitrogen and oxygen atoms in total. The first-order valence-corrected chi connectivity index (χ1v) is 10.5. The van der Waals surface area contributed by atoms with Crippen LogP contribution in [-0.4, -0.2) is 68.0 Å². The van der Waals surface area contributed by atoms with Crippen molar-refractivity contribution >= 4 is 17.4 Å². The zero-order chi connectivity index (χ0) is 23.4. The Kier molecular flexibility index (Phi) is 7.20. The number of hydrogen-bond acceptors (Lipinski definition) is 6. The Labute approximate surface area is 188 Å². The summed E-state index contributed by atoms with van der Waals surface area (Å²) < 4.78 is 10.9. The minimum absolute atomic E-state index is 0.0512. The van der Waals surface area contributed by atoms with Crippen LogP contribution in [0.25, 0.3) is 5.76 Å². The Hall–Kier alpha value is -3.32. The smallest absolute Gasteiger partial charge is 0.295 e. The fraction of sp³-hybridized carbons (Fsp3) is 0.360. The number of carbonyl (C=O) groups is 2. The van der Waals surface area contributed by atoms with Gasteiger partial charge in [-0.15, -0.1) is 0 Å². The Morgan fingerprint density at radius 1 is 1.06 bits per heavy atom. The van der Waals surface area contributed by atoms with Gasteiger partial charge in [-0.1, -0.05) is 29.8 Å². The van der Waals surface area contributed by atoms with E-state index in [0.717, 1.165) is 12.1 Å². The molecule has 0 saturated carbocycles. The minimum atomic E-state index is -0.788. The number of amides is 1. The molecule has 0 aliphatic carbocycles. The van der Waals surface area contributed by atoms with Gasteiger partial charge >= 0.3 is 0 Å². The molecule has 0 unspecified atom stereocenters. The molecule has 1 heterocycles. The largest absolute Gasteiger partial charge is 0.507 e. The molecule has 1 amide bonds. The van der Waals surface area contributed by atoms with Gasteiger partial charge < -0.3 is 24.4 Å². The molecular formula is C25H30N2O5. The van der Waals surface area contributed by atoms with E-state index in [1.165, 1.54) is 12.0 Å². The van der Waals surface area contributed by atoms with Crippen LogP contribution in [-0.2, 0) is 9.59 Å². The highest BCUT2D eigenvalue weighted by molar-refractivity contribution is 6.46. The summed E-state index contributed by atoms with van der Waals surface area (Å²) in [5.74, 6) is -0.469. The maximum absolute atomic E-state index is 13.1. The number of hydrogen-bond donors (Lipinski definition) is 1. The summed E-state index contributed by atoms with van der Waals surface area (Å²) >= 11 is 0. The van der Waals surface area contributed by atoms with Gasteiger partial charge in [0, 0.05) is 17.7 Å². The molecule has 32 heavy (non-hydrogen) atoms. The average Bonchev–Trinajstić information content (AvgIpc) is 3.03. The van der Waals surface area contributed by atoms with E-state index in [1.54, 1.807) is 37.4 Å². The molecule has 7 heteroatoms. The lowest BCUT2D eigenvalue weighted by molar-refractivity contribution is -0.140. The van der Waals surface area contributed by atoms with Crippen molar-refractivity contribution in [1.82, 2.24) is 9.80 Å². The number of likely N-dealkylation sites (tertiary alicyclic amines) is 1. The van der Waals surface area contributed by atoms with Crippen molar-refractivity contribution in [2.24, 2.45) is 0 Å². The second-order valence-electron chi connectivity index (χ2n) is 8.12. The summed E-state index contributed by atoms with van der Waals surface area (Å²) in [6, 6.07) is 11.6. The fourth-order valence-electron chi connectivity index (χ4n) is 3.91. The summed E-state index contributed by atoms with van der Waals surface area (Å²) in [6.07, 6.45) is 0.674.